The van der Waals surface area contributed by atoms with Crippen LogP contribution in [0.1, 0.15) is 26.3 Å². The first-order valence-corrected chi connectivity index (χ1v) is 9.98. The van der Waals surface area contributed by atoms with Crippen LogP contribution in [0.25, 0.3) is 33.4 Å². The minimum absolute atomic E-state index is 0.0141. The smallest absolute Gasteiger partial charge is 0.255 e. The number of halogens is 2. The fourth-order valence-corrected chi connectivity index (χ4v) is 3.84. The van der Waals surface area contributed by atoms with Crippen LogP contribution in [-0.4, -0.2) is 26.0 Å². The maximum atomic E-state index is 16.0. The zero-order valence-corrected chi connectivity index (χ0v) is 18.1. The van der Waals surface area contributed by atoms with Crippen molar-refractivity contribution in [2.24, 2.45) is 5.73 Å². The van der Waals surface area contributed by atoms with E-state index in [4.69, 9.17) is 14.9 Å². The van der Waals surface area contributed by atoms with Crippen LogP contribution in [0.5, 0.6) is 5.75 Å². The summed E-state index contributed by atoms with van der Waals surface area (Å²) in [5.41, 5.74) is 7.33. The average molecular weight is 450 g/mol. The lowest BCUT2D eigenvalue weighted by atomic mass is 9.94. The van der Waals surface area contributed by atoms with Crippen molar-refractivity contribution in [3.8, 4) is 28.2 Å². The molecule has 168 valence electrons. The summed E-state index contributed by atoms with van der Waals surface area (Å²) in [6.45, 7) is 1.74. The molecule has 8 heteroatoms. The second kappa shape index (κ2) is 8.38. The van der Waals surface area contributed by atoms with E-state index in [0.29, 0.717) is 16.7 Å². The van der Waals surface area contributed by atoms with Gasteiger partial charge in [-0.15, -0.1) is 0 Å². The van der Waals surface area contributed by atoms with Crippen molar-refractivity contribution in [1.82, 2.24) is 5.32 Å². The third-order valence-corrected chi connectivity index (χ3v) is 5.46. The van der Waals surface area contributed by atoms with Gasteiger partial charge in [0.25, 0.3) is 11.8 Å². The van der Waals surface area contributed by atoms with E-state index in [1.165, 1.54) is 50.6 Å². The first-order valence-electron chi connectivity index (χ1n) is 9.98. The van der Waals surface area contributed by atoms with E-state index in [2.05, 4.69) is 5.32 Å². The predicted octanol–water partition coefficient (Wildman–Crippen LogP) is 4.82. The molecule has 4 aromatic rings. The molecule has 0 aliphatic rings. The maximum absolute atomic E-state index is 16.0. The average Bonchev–Trinajstić information content (AvgIpc) is 3.19. The van der Waals surface area contributed by atoms with E-state index in [-0.39, 0.29) is 39.2 Å². The quantitative estimate of drug-likeness (QED) is 0.456. The number of nitrogens with two attached hydrogens (primary N) is 1. The number of aryl methyl sites for hydroxylation is 1. The van der Waals surface area contributed by atoms with Gasteiger partial charge in [0.1, 0.15) is 28.7 Å². The highest BCUT2D eigenvalue weighted by Gasteiger charge is 2.26. The Morgan fingerprint density at radius 3 is 2.33 bits per heavy atom. The van der Waals surface area contributed by atoms with Gasteiger partial charge in [-0.2, -0.15) is 0 Å². The Balaban J connectivity index is 2.02. The minimum atomic E-state index is -0.720. The SMILES string of the molecule is CNC(=O)c1c(-c2ccc(F)cc2)oc2ccc(-c3cc(C(N)=O)c(OC)cc3C)c(F)c12. The summed E-state index contributed by atoms with van der Waals surface area (Å²) >= 11 is 0. The summed E-state index contributed by atoms with van der Waals surface area (Å²) in [5.74, 6) is -2.05. The van der Waals surface area contributed by atoms with Crippen molar-refractivity contribution in [3.63, 3.8) is 0 Å². The van der Waals surface area contributed by atoms with Gasteiger partial charge in [-0.05, 0) is 66.6 Å². The number of nitrogens with one attached hydrogen (secondary N) is 1. The number of furan rings is 1. The van der Waals surface area contributed by atoms with E-state index >= 15 is 4.39 Å². The molecule has 3 N–H and O–H groups in total. The van der Waals surface area contributed by atoms with E-state index < -0.39 is 23.4 Å². The Labute approximate surface area is 188 Å². The van der Waals surface area contributed by atoms with Crippen molar-refractivity contribution in [3.05, 3.63) is 76.9 Å². The van der Waals surface area contributed by atoms with Gasteiger partial charge in [-0.1, -0.05) is 0 Å². The highest BCUT2D eigenvalue weighted by Crippen LogP contribution is 2.40. The Morgan fingerprint density at radius 2 is 1.73 bits per heavy atom. The second-order valence-electron chi connectivity index (χ2n) is 7.42. The van der Waals surface area contributed by atoms with Gasteiger partial charge in [-0.25, -0.2) is 8.78 Å². The summed E-state index contributed by atoms with van der Waals surface area (Å²) < 4.78 is 40.4. The molecule has 0 spiro atoms. The number of benzene rings is 3. The van der Waals surface area contributed by atoms with Crippen molar-refractivity contribution >= 4 is 22.8 Å². The second-order valence-corrected chi connectivity index (χ2v) is 7.42. The number of amides is 2. The Morgan fingerprint density at radius 1 is 1.03 bits per heavy atom. The summed E-state index contributed by atoms with van der Waals surface area (Å²) in [5, 5.41) is 2.47. The number of hydrogen-bond acceptors (Lipinski definition) is 4. The van der Waals surface area contributed by atoms with Crippen LogP contribution in [-0.2, 0) is 0 Å². The lowest BCUT2D eigenvalue weighted by Crippen LogP contribution is -2.18. The predicted molar refractivity (Wildman–Crippen MR) is 120 cm³/mol. The molecule has 1 aromatic heterocycles. The molecule has 0 saturated heterocycles. The van der Waals surface area contributed by atoms with Crippen LogP contribution in [0, 0.1) is 18.6 Å². The molecule has 0 aliphatic heterocycles. The normalized spacial score (nSPS) is 10.9. The zero-order chi connectivity index (χ0) is 23.9. The van der Waals surface area contributed by atoms with Gasteiger partial charge in [0, 0.05) is 18.2 Å². The molecule has 6 nitrogen and oxygen atoms in total. The first kappa shape index (κ1) is 22.0. The van der Waals surface area contributed by atoms with E-state index in [1.54, 1.807) is 19.1 Å². The number of carbonyl (C=O) groups excluding carboxylic acids is 2. The Bertz CT molecular complexity index is 1410. The summed E-state index contributed by atoms with van der Waals surface area (Å²) in [6, 6.07) is 11.5. The van der Waals surface area contributed by atoms with Gasteiger partial charge in [0.15, 0.2) is 0 Å². The lowest BCUT2D eigenvalue weighted by Gasteiger charge is -2.13. The van der Waals surface area contributed by atoms with E-state index in [9.17, 15) is 14.0 Å². The van der Waals surface area contributed by atoms with E-state index in [0.717, 1.165) is 0 Å². The van der Waals surface area contributed by atoms with Gasteiger partial charge >= 0.3 is 0 Å². The number of rotatable bonds is 5. The zero-order valence-electron chi connectivity index (χ0n) is 18.1. The maximum Gasteiger partial charge on any atom is 0.255 e. The molecule has 0 fully saturated rings. The molecule has 4 rings (SSSR count). The molecule has 3 aromatic carbocycles. The standard InChI is InChI=1S/C25H20F2N2O4/c1-12-10-19(32-3)17(24(28)30)11-16(12)15-8-9-18-20(22(15)27)21(25(31)29-2)23(33-18)13-4-6-14(26)7-5-13/h4-11H,1-3H3,(H2,28,30)(H,29,31). The topological polar surface area (TPSA) is 94.6 Å². The summed E-state index contributed by atoms with van der Waals surface area (Å²) in [6.07, 6.45) is 0. The fraction of sp³-hybridized carbons (Fsp3) is 0.120. The third-order valence-electron chi connectivity index (χ3n) is 5.46. The molecule has 0 saturated carbocycles. The van der Waals surface area contributed by atoms with Crippen molar-refractivity contribution in [2.75, 3.05) is 14.2 Å². The number of fused-ring (bicyclic) bond motifs is 1. The van der Waals surface area contributed by atoms with Crippen molar-refractivity contribution in [1.29, 1.82) is 0 Å². The third kappa shape index (κ3) is 3.69. The van der Waals surface area contributed by atoms with Crippen LogP contribution < -0.4 is 15.8 Å². The number of methoxy groups -OCH3 is 1. The molecule has 0 unspecified atom stereocenters. The monoisotopic (exact) mass is 450 g/mol. The number of carbonyl (C=O) groups is 2. The molecular formula is C25H20F2N2O4. The molecule has 0 bridgehead atoms. The van der Waals surface area contributed by atoms with Gasteiger partial charge in [-0.3, -0.25) is 9.59 Å². The Kier molecular flexibility index (Phi) is 5.59. The minimum Gasteiger partial charge on any atom is -0.496 e. The number of hydrogen-bond donors (Lipinski definition) is 2. The molecule has 0 radical (unpaired) electrons. The fourth-order valence-electron chi connectivity index (χ4n) is 3.84. The van der Waals surface area contributed by atoms with Crippen LogP contribution in [0.3, 0.4) is 0 Å². The van der Waals surface area contributed by atoms with Crippen LogP contribution >= 0.6 is 0 Å². The molecule has 2 amide bonds. The molecule has 33 heavy (non-hydrogen) atoms. The highest BCUT2D eigenvalue weighted by molar-refractivity contribution is 6.12. The van der Waals surface area contributed by atoms with Crippen LogP contribution in [0.15, 0.2) is 52.9 Å². The molecule has 0 aliphatic carbocycles. The van der Waals surface area contributed by atoms with Crippen molar-refractivity contribution in [2.45, 2.75) is 6.92 Å². The number of primary amides is 1. The van der Waals surface area contributed by atoms with Gasteiger partial charge < -0.3 is 20.2 Å². The number of ether oxygens (including phenoxy) is 1. The molecule has 1 heterocycles. The van der Waals surface area contributed by atoms with Crippen molar-refractivity contribution < 1.29 is 27.5 Å². The molecule has 0 atom stereocenters. The van der Waals surface area contributed by atoms with Gasteiger partial charge in [0.2, 0.25) is 0 Å². The summed E-state index contributed by atoms with van der Waals surface area (Å²) in [7, 11) is 2.83. The van der Waals surface area contributed by atoms with Gasteiger partial charge in [0.05, 0.1) is 23.6 Å². The Hall–Kier alpha value is -4.20. The lowest BCUT2D eigenvalue weighted by molar-refractivity contribution is 0.0962. The first-order chi connectivity index (χ1) is 15.8. The largest absolute Gasteiger partial charge is 0.496 e. The highest BCUT2D eigenvalue weighted by atomic mass is 19.1. The van der Waals surface area contributed by atoms with Crippen LogP contribution in [0.4, 0.5) is 8.78 Å². The van der Waals surface area contributed by atoms with Crippen LogP contribution in [0.2, 0.25) is 0 Å². The van der Waals surface area contributed by atoms with E-state index in [1.807, 2.05) is 0 Å². The summed E-state index contributed by atoms with van der Waals surface area (Å²) in [4.78, 5) is 24.6. The molecular weight excluding hydrogens is 430 g/mol.